The van der Waals surface area contributed by atoms with Crippen LogP contribution >= 0.6 is 0 Å². The minimum atomic E-state index is 1.18. The van der Waals surface area contributed by atoms with Crippen LogP contribution < -0.4 is 10.2 Å². The maximum Gasteiger partial charge on any atom is 0.0445 e. The summed E-state index contributed by atoms with van der Waals surface area (Å²) in [6, 6.07) is 13.2. The Balaban J connectivity index is 2.12. The van der Waals surface area contributed by atoms with Crippen LogP contribution in [0.3, 0.4) is 0 Å². The van der Waals surface area contributed by atoms with E-state index in [4.69, 9.17) is 0 Å². The molecule has 17 heavy (non-hydrogen) atoms. The molecule has 1 heterocycles. The first kappa shape index (κ1) is 10.5. The van der Waals surface area contributed by atoms with E-state index in [1.807, 2.05) is 7.05 Å². The third-order valence-corrected chi connectivity index (χ3v) is 3.59. The minimum absolute atomic E-state index is 1.18. The van der Waals surface area contributed by atoms with E-state index < -0.39 is 0 Å². The van der Waals surface area contributed by atoms with Gasteiger partial charge in [-0.1, -0.05) is 18.2 Å². The lowest BCUT2D eigenvalue weighted by molar-refractivity contribution is 0.949. The third kappa shape index (κ3) is 1.84. The Labute approximate surface area is 102 Å². The molecule has 0 aliphatic carbocycles. The van der Waals surface area contributed by atoms with Crippen molar-refractivity contribution in [1.29, 1.82) is 0 Å². The molecule has 0 aromatic heterocycles. The van der Waals surface area contributed by atoms with Crippen LogP contribution in [0.5, 0.6) is 0 Å². The summed E-state index contributed by atoms with van der Waals surface area (Å²) in [6.07, 6.45) is 2.65. The van der Waals surface area contributed by atoms with Gasteiger partial charge in [-0.3, -0.25) is 0 Å². The first-order chi connectivity index (χ1) is 8.38. The van der Waals surface area contributed by atoms with E-state index >= 15 is 0 Å². The van der Waals surface area contributed by atoms with Crippen molar-refractivity contribution in [1.82, 2.24) is 0 Å². The highest BCUT2D eigenvalue weighted by Gasteiger charge is 2.14. The predicted molar refractivity (Wildman–Crippen MR) is 74.9 cm³/mol. The molecule has 0 saturated carbocycles. The quantitative estimate of drug-likeness (QED) is 0.843. The fourth-order valence-corrected chi connectivity index (χ4v) is 2.66. The zero-order valence-electron chi connectivity index (χ0n) is 10.2. The lowest BCUT2D eigenvalue weighted by Crippen LogP contribution is -2.17. The Morgan fingerprint density at radius 3 is 2.65 bits per heavy atom. The molecule has 1 aliphatic rings. The highest BCUT2D eigenvalue weighted by molar-refractivity contribution is 5.96. The summed E-state index contributed by atoms with van der Waals surface area (Å²) in [5.41, 5.74) is 2.57. The van der Waals surface area contributed by atoms with Crippen molar-refractivity contribution in [2.45, 2.75) is 12.8 Å². The topological polar surface area (TPSA) is 15.3 Å². The van der Waals surface area contributed by atoms with E-state index in [0.29, 0.717) is 0 Å². The largest absolute Gasteiger partial charge is 0.388 e. The number of anilines is 2. The van der Waals surface area contributed by atoms with Gasteiger partial charge >= 0.3 is 0 Å². The van der Waals surface area contributed by atoms with Crippen LogP contribution in [0.1, 0.15) is 12.8 Å². The van der Waals surface area contributed by atoms with Crippen LogP contribution in [0, 0.1) is 0 Å². The Morgan fingerprint density at radius 1 is 1.06 bits per heavy atom. The van der Waals surface area contributed by atoms with Crippen molar-refractivity contribution in [3.63, 3.8) is 0 Å². The average Bonchev–Trinajstić information content (AvgIpc) is 2.91. The minimum Gasteiger partial charge on any atom is -0.388 e. The van der Waals surface area contributed by atoms with Crippen molar-refractivity contribution in [2.75, 3.05) is 30.4 Å². The van der Waals surface area contributed by atoms with Crippen molar-refractivity contribution in [3.8, 4) is 0 Å². The van der Waals surface area contributed by atoms with Gasteiger partial charge in [0, 0.05) is 36.9 Å². The van der Waals surface area contributed by atoms with Crippen molar-refractivity contribution in [2.24, 2.45) is 0 Å². The molecular formula is C15H18N2. The standard InChI is InChI=1S/C15H18N2/c1-16-13-7-8-14-12(11-13)5-4-6-15(14)17-9-2-3-10-17/h4-8,11,16H,2-3,9-10H2,1H3. The maximum atomic E-state index is 3.19. The summed E-state index contributed by atoms with van der Waals surface area (Å²) in [5, 5.41) is 5.88. The van der Waals surface area contributed by atoms with Crippen LogP contribution in [0.4, 0.5) is 11.4 Å². The number of rotatable bonds is 2. The molecule has 0 bridgehead atoms. The Kier molecular flexibility index (Phi) is 2.63. The number of nitrogens with zero attached hydrogens (tertiary/aromatic N) is 1. The highest BCUT2D eigenvalue weighted by atomic mass is 15.1. The molecule has 2 nitrogen and oxygen atoms in total. The zero-order chi connectivity index (χ0) is 11.7. The summed E-state index contributed by atoms with van der Waals surface area (Å²) in [4.78, 5) is 2.50. The van der Waals surface area contributed by atoms with E-state index in [1.165, 1.54) is 48.1 Å². The van der Waals surface area contributed by atoms with Crippen LogP contribution in [0.2, 0.25) is 0 Å². The molecule has 2 heteroatoms. The van der Waals surface area contributed by atoms with Gasteiger partial charge in [0.1, 0.15) is 0 Å². The molecule has 0 unspecified atom stereocenters. The second kappa shape index (κ2) is 4.28. The second-order valence-electron chi connectivity index (χ2n) is 4.66. The van der Waals surface area contributed by atoms with Gasteiger partial charge < -0.3 is 10.2 Å². The Morgan fingerprint density at radius 2 is 1.88 bits per heavy atom. The highest BCUT2D eigenvalue weighted by Crippen LogP contribution is 2.30. The van der Waals surface area contributed by atoms with Gasteiger partial charge in [-0.15, -0.1) is 0 Å². The van der Waals surface area contributed by atoms with Gasteiger partial charge in [-0.25, -0.2) is 0 Å². The molecule has 0 amide bonds. The van der Waals surface area contributed by atoms with Gasteiger partial charge in [0.15, 0.2) is 0 Å². The predicted octanol–water partition coefficient (Wildman–Crippen LogP) is 3.48. The zero-order valence-corrected chi connectivity index (χ0v) is 10.2. The summed E-state index contributed by atoms with van der Waals surface area (Å²) in [5.74, 6) is 0. The van der Waals surface area contributed by atoms with Crippen LogP contribution in [-0.4, -0.2) is 20.1 Å². The van der Waals surface area contributed by atoms with Gasteiger partial charge in [0.05, 0.1) is 0 Å². The smallest absolute Gasteiger partial charge is 0.0445 e. The van der Waals surface area contributed by atoms with Gasteiger partial charge in [-0.05, 0) is 36.4 Å². The monoisotopic (exact) mass is 226 g/mol. The number of benzene rings is 2. The molecule has 3 rings (SSSR count). The Hall–Kier alpha value is -1.70. The first-order valence-corrected chi connectivity index (χ1v) is 6.34. The van der Waals surface area contributed by atoms with E-state index in [2.05, 4.69) is 46.6 Å². The summed E-state index contributed by atoms with van der Waals surface area (Å²) in [6.45, 7) is 2.40. The van der Waals surface area contributed by atoms with E-state index in [0.717, 1.165) is 0 Å². The van der Waals surface area contributed by atoms with E-state index in [1.54, 1.807) is 0 Å². The fourth-order valence-electron chi connectivity index (χ4n) is 2.66. The van der Waals surface area contributed by atoms with Gasteiger partial charge in [-0.2, -0.15) is 0 Å². The lowest BCUT2D eigenvalue weighted by atomic mass is 10.1. The number of fused-ring (bicyclic) bond motifs is 1. The van der Waals surface area contributed by atoms with Crippen molar-refractivity contribution >= 4 is 22.1 Å². The number of hydrogen-bond acceptors (Lipinski definition) is 2. The summed E-state index contributed by atoms with van der Waals surface area (Å²) in [7, 11) is 1.96. The molecule has 0 spiro atoms. The molecule has 2 aromatic rings. The molecule has 1 N–H and O–H groups in total. The third-order valence-electron chi connectivity index (χ3n) is 3.59. The number of hydrogen-bond donors (Lipinski definition) is 1. The molecular weight excluding hydrogens is 208 g/mol. The normalized spacial score (nSPS) is 15.5. The second-order valence-corrected chi connectivity index (χ2v) is 4.66. The summed E-state index contributed by atoms with van der Waals surface area (Å²) < 4.78 is 0. The molecule has 0 atom stereocenters. The molecule has 1 fully saturated rings. The Bertz CT molecular complexity index is 527. The van der Waals surface area contributed by atoms with Gasteiger partial charge in [0.25, 0.3) is 0 Å². The lowest BCUT2D eigenvalue weighted by Gasteiger charge is -2.20. The molecule has 1 aliphatic heterocycles. The van der Waals surface area contributed by atoms with E-state index in [-0.39, 0.29) is 0 Å². The SMILES string of the molecule is CNc1ccc2c(N3CCCC3)cccc2c1. The van der Waals surface area contributed by atoms with Crippen LogP contribution in [0.15, 0.2) is 36.4 Å². The van der Waals surface area contributed by atoms with Gasteiger partial charge in [0.2, 0.25) is 0 Å². The fraction of sp³-hybridized carbons (Fsp3) is 0.333. The van der Waals surface area contributed by atoms with Crippen molar-refractivity contribution in [3.05, 3.63) is 36.4 Å². The van der Waals surface area contributed by atoms with Crippen LogP contribution in [-0.2, 0) is 0 Å². The molecule has 2 aromatic carbocycles. The van der Waals surface area contributed by atoms with Crippen LogP contribution in [0.25, 0.3) is 10.8 Å². The average molecular weight is 226 g/mol. The maximum absolute atomic E-state index is 3.19. The molecule has 1 saturated heterocycles. The molecule has 88 valence electrons. The molecule has 0 radical (unpaired) electrons. The van der Waals surface area contributed by atoms with Crippen molar-refractivity contribution < 1.29 is 0 Å². The van der Waals surface area contributed by atoms with E-state index in [9.17, 15) is 0 Å². The number of nitrogens with one attached hydrogen (secondary N) is 1. The summed E-state index contributed by atoms with van der Waals surface area (Å²) >= 11 is 0. The first-order valence-electron chi connectivity index (χ1n) is 6.34.